The van der Waals surface area contributed by atoms with Crippen LogP contribution >= 0.6 is 27.5 Å². The summed E-state index contributed by atoms with van der Waals surface area (Å²) in [5.74, 6) is 0.380. The molecule has 12 heavy (non-hydrogen) atoms. The lowest BCUT2D eigenvalue weighted by Gasteiger charge is -1.94. The van der Waals surface area contributed by atoms with E-state index in [9.17, 15) is 0 Å². The van der Waals surface area contributed by atoms with Gasteiger partial charge in [-0.05, 0) is 28.1 Å². The molecular weight excluding hydrogens is 241 g/mol. The Morgan fingerprint density at radius 3 is 3.00 bits per heavy atom. The summed E-state index contributed by atoms with van der Waals surface area (Å²) in [5, 5.41) is 0.584. The van der Waals surface area contributed by atoms with Crippen molar-refractivity contribution in [1.82, 2.24) is 9.97 Å². The highest BCUT2D eigenvalue weighted by Gasteiger charge is 2.06. The van der Waals surface area contributed by atoms with E-state index in [0.29, 0.717) is 16.5 Å². The van der Waals surface area contributed by atoms with Gasteiger partial charge in [0.2, 0.25) is 0 Å². The second kappa shape index (κ2) is 2.64. The van der Waals surface area contributed by atoms with Crippen LogP contribution in [0.15, 0.2) is 16.6 Å². The number of fused-ring (bicyclic) bond motifs is 1. The molecule has 0 radical (unpaired) electrons. The normalized spacial score (nSPS) is 10.8. The summed E-state index contributed by atoms with van der Waals surface area (Å²) in [5.41, 5.74) is 7.01. The maximum absolute atomic E-state index is 5.95. The van der Waals surface area contributed by atoms with E-state index < -0.39 is 0 Å². The number of halogens is 2. The Balaban J connectivity index is 2.89. The van der Waals surface area contributed by atoms with Gasteiger partial charge in [0.1, 0.15) is 5.52 Å². The molecular formula is C7H5BrClN3. The van der Waals surface area contributed by atoms with Crippen molar-refractivity contribution in [3.05, 3.63) is 21.6 Å². The second-order valence-corrected chi connectivity index (χ2v) is 3.61. The molecule has 0 saturated heterocycles. The van der Waals surface area contributed by atoms with Crippen LogP contribution in [0.2, 0.25) is 5.02 Å². The Morgan fingerprint density at radius 1 is 1.50 bits per heavy atom. The summed E-state index contributed by atoms with van der Waals surface area (Å²) in [7, 11) is 0. The van der Waals surface area contributed by atoms with Crippen LogP contribution in [0.1, 0.15) is 0 Å². The number of hydrogen-bond donors (Lipinski definition) is 2. The van der Waals surface area contributed by atoms with E-state index >= 15 is 0 Å². The van der Waals surface area contributed by atoms with Crippen LogP contribution < -0.4 is 5.73 Å². The molecule has 0 aliphatic heterocycles. The van der Waals surface area contributed by atoms with Gasteiger partial charge in [-0.2, -0.15) is 0 Å². The van der Waals surface area contributed by atoms with E-state index in [1.54, 1.807) is 0 Å². The number of anilines is 1. The molecule has 62 valence electrons. The molecule has 0 unspecified atom stereocenters. The molecule has 0 saturated carbocycles. The molecule has 0 spiro atoms. The van der Waals surface area contributed by atoms with Crippen molar-refractivity contribution in [2.24, 2.45) is 0 Å². The molecule has 1 heterocycles. The van der Waals surface area contributed by atoms with E-state index in [4.69, 9.17) is 17.3 Å². The van der Waals surface area contributed by atoms with Crippen molar-refractivity contribution in [3.8, 4) is 0 Å². The number of aromatic amines is 1. The van der Waals surface area contributed by atoms with Crippen molar-refractivity contribution in [1.29, 1.82) is 0 Å². The number of benzene rings is 1. The number of hydrogen-bond acceptors (Lipinski definition) is 2. The number of H-pyrrole nitrogens is 1. The standard InChI is InChI=1S/C7H5BrClN3/c8-3-1-2-4-6(5(3)9)12-7(10)11-4/h1-2H,(H3,10,11,12). The Bertz CT molecular complexity index is 437. The van der Waals surface area contributed by atoms with E-state index in [1.165, 1.54) is 0 Å². The lowest BCUT2D eigenvalue weighted by molar-refractivity contribution is 1.35. The number of nitrogens with two attached hydrogens (primary N) is 1. The number of nitrogen functional groups attached to an aromatic ring is 1. The van der Waals surface area contributed by atoms with Crippen molar-refractivity contribution in [3.63, 3.8) is 0 Å². The van der Waals surface area contributed by atoms with Gasteiger partial charge in [-0.25, -0.2) is 4.98 Å². The van der Waals surface area contributed by atoms with Crippen LogP contribution in [0.3, 0.4) is 0 Å². The Kier molecular flexibility index (Phi) is 1.73. The zero-order valence-electron chi connectivity index (χ0n) is 5.94. The van der Waals surface area contributed by atoms with Crippen LogP contribution in [-0.2, 0) is 0 Å². The topological polar surface area (TPSA) is 54.7 Å². The van der Waals surface area contributed by atoms with Crippen LogP contribution in [0, 0.1) is 0 Å². The predicted octanol–water partition coefficient (Wildman–Crippen LogP) is 2.56. The van der Waals surface area contributed by atoms with Gasteiger partial charge in [-0.1, -0.05) is 11.6 Å². The summed E-state index contributed by atoms with van der Waals surface area (Å²) in [6.07, 6.45) is 0. The van der Waals surface area contributed by atoms with Crippen molar-refractivity contribution < 1.29 is 0 Å². The Morgan fingerprint density at radius 2 is 2.25 bits per heavy atom. The highest BCUT2D eigenvalue weighted by atomic mass is 79.9. The molecule has 3 N–H and O–H groups in total. The van der Waals surface area contributed by atoms with E-state index in [2.05, 4.69) is 25.9 Å². The highest BCUT2D eigenvalue weighted by Crippen LogP contribution is 2.29. The minimum absolute atomic E-state index is 0.380. The summed E-state index contributed by atoms with van der Waals surface area (Å²) in [6.45, 7) is 0. The van der Waals surface area contributed by atoms with Crippen LogP contribution in [0.5, 0.6) is 0 Å². The molecule has 5 heteroatoms. The molecule has 0 atom stereocenters. The van der Waals surface area contributed by atoms with Crippen molar-refractivity contribution in [2.45, 2.75) is 0 Å². The Hall–Kier alpha value is -0.740. The first-order valence-electron chi connectivity index (χ1n) is 3.27. The third-order valence-electron chi connectivity index (χ3n) is 1.56. The molecule has 2 aromatic rings. The minimum Gasteiger partial charge on any atom is -0.369 e. The van der Waals surface area contributed by atoms with E-state index in [-0.39, 0.29) is 0 Å². The van der Waals surface area contributed by atoms with Crippen molar-refractivity contribution >= 4 is 44.5 Å². The van der Waals surface area contributed by atoms with Crippen LogP contribution in [0.4, 0.5) is 5.95 Å². The average molecular weight is 246 g/mol. The smallest absolute Gasteiger partial charge is 0.198 e. The molecule has 0 aliphatic rings. The second-order valence-electron chi connectivity index (χ2n) is 2.38. The third-order valence-corrected chi connectivity index (χ3v) is 2.84. The van der Waals surface area contributed by atoms with Gasteiger partial charge in [0.15, 0.2) is 5.95 Å². The van der Waals surface area contributed by atoms with Gasteiger partial charge in [0.05, 0.1) is 10.5 Å². The SMILES string of the molecule is Nc1nc2c(Cl)c(Br)ccc2[nH]1. The summed E-state index contributed by atoms with van der Waals surface area (Å²) in [6, 6.07) is 3.72. The lowest BCUT2D eigenvalue weighted by Crippen LogP contribution is -1.84. The molecule has 0 amide bonds. The number of nitrogens with one attached hydrogen (secondary N) is 1. The van der Waals surface area contributed by atoms with Crippen LogP contribution in [0.25, 0.3) is 11.0 Å². The largest absolute Gasteiger partial charge is 0.369 e. The number of imidazole rings is 1. The number of rotatable bonds is 0. The fraction of sp³-hybridized carbons (Fsp3) is 0. The van der Waals surface area contributed by atoms with Gasteiger partial charge >= 0.3 is 0 Å². The summed E-state index contributed by atoms with van der Waals surface area (Å²) >= 11 is 9.25. The first-order valence-corrected chi connectivity index (χ1v) is 4.45. The molecule has 2 rings (SSSR count). The van der Waals surface area contributed by atoms with Crippen LogP contribution in [-0.4, -0.2) is 9.97 Å². The zero-order valence-corrected chi connectivity index (χ0v) is 8.28. The van der Waals surface area contributed by atoms with Gasteiger partial charge in [0.25, 0.3) is 0 Å². The summed E-state index contributed by atoms with van der Waals surface area (Å²) < 4.78 is 0.822. The summed E-state index contributed by atoms with van der Waals surface area (Å²) in [4.78, 5) is 6.92. The van der Waals surface area contributed by atoms with Gasteiger partial charge in [-0.15, -0.1) is 0 Å². The fourth-order valence-corrected chi connectivity index (χ4v) is 1.56. The third kappa shape index (κ3) is 1.07. The van der Waals surface area contributed by atoms with E-state index in [1.807, 2.05) is 12.1 Å². The predicted molar refractivity (Wildman–Crippen MR) is 53.2 cm³/mol. The number of aromatic nitrogens is 2. The fourth-order valence-electron chi connectivity index (χ4n) is 1.04. The zero-order chi connectivity index (χ0) is 8.72. The maximum Gasteiger partial charge on any atom is 0.198 e. The molecule has 1 aromatic carbocycles. The molecule has 0 fully saturated rings. The monoisotopic (exact) mass is 245 g/mol. The first kappa shape index (κ1) is 7.89. The van der Waals surface area contributed by atoms with Gasteiger partial charge in [0, 0.05) is 4.47 Å². The number of nitrogens with zero attached hydrogens (tertiary/aromatic N) is 1. The minimum atomic E-state index is 0.380. The van der Waals surface area contributed by atoms with Gasteiger partial charge < -0.3 is 10.7 Å². The molecule has 3 nitrogen and oxygen atoms in total. The molecule has 0 aliphatic carbocycles. The molecule has 0 bridgehead atoms. The van der Waals surface area contributed by atoms with Crippen molar-refractivity contribution in [2.75, 3.05) is 5.73 Å². The average Bonchev–Trinajstić information content (AvgIpc) is 2.39. The maximum atomic E-state index is 5.95. The molecule has 1 aromatic heterocycles. The lowest BCUT2D eigenvalue weighted by atomic mass is 10.3. The van der Waals surface area contributed by atoms with Gasteiger partial charge in [-0.3, -0.25) is 0 Å². The quantitative estimate of drug-likeness (QED) is 0.750. The van der Waals surface area contributed by atoms with E-state index in [0.717, 1.165) is 9.99 Å². The Labute approximate surface area is 82.1 Å². The highest BCUT2D eigenvalue weighted by molar-refractivity contribution is 9.10. The first-order chi connectivity index (χ1) is 5.68.